The van der Waals surface area contributed by atoms with Crippen molar-refractivity contribution in [1.82, 2.24) is 10.2 Å². The van der Waals surface area contributed by atoms with Gasteiger partial charge in [-0.1, -0.05) is 18.5 Å². The van der Waals surface area contributed by atoms with Gasteiger partial charge in [-0.25, -0.2) is 4.79 Å². The summed E-state index contributed by atoms with van der Waals surface area (Å²) in [6.45, 7) is 2.53. The van der Waals surface area contributed by atoms with E-state index in [1.54, 1.807) is 0 Å². The van der Waals surface area contributed by atoms with Crippen molar-refractivity contribution >= 4 is 34.9 Å². The van der Waals surface area contributed by atoms with Crippen molar-refractivity contribution in [2.24, 2.45) is 0 Å². The van der Waals surface area contributed by atoms with E-state index in [1.165, 1.54) is 16.2 Å². The number of amides is 2. The van der Waals surface area contributed by atoms with Crippen LogP contribution in [0.4, 0.5) is 4.79 Å². The van der Waals surface area contributed by atoms with Crippen molar-refractivity contribution in [3.63, 3.8) is 0 Å². The average molecular weight is 305 g/mol. The second-order valence-electron chi connectivity index (χ2n) is 4.00. The van der Waals surface area contributed by atoms with Gasteiger partial charge in [0.2, 0.25) is 0 Å². The molecule has 1 heterocycles. The second kappa shape index (κ2) is 8.01. The molecule has 0 aliphatic heterocycles. The van der Waals surface area contributed by atoms with Crippen LogP contribution in [0.2, 0.25) is 4.34 Å². The van der Waals surface area contributed by atoms with Crippen LogP contribution >= 0.6 is 22.9 Å². The summed E-state index contributed by atoms with van der Waals surface area (Å²) < 4.78 is 0.722. The third kappa shape index (κ3) is 5.94. The molecular weight excluding hydrogens is 288 g/mol. The Morgan fingerprint density at radius 3 is 2.74 bits per heavy atom. The molecule has 2 amide bonds. The van der Waals surface area contributed by atoms with Crippen molar-refractivity contribution in [2.45, 2.75) is 19.8 Å². The summed E-state index contributed by atoms with van der Waals surface area (Å²) in [7, 11) is 0. The van der Waals surface area contributed by atoms with Crippen LogP contribution in [0.1, 0.15) is 18.2 Å². The Morgan fingerprint density at radius 2 is 2.21 bits per heavy atom. The number of hydrogen-bond acceptors (Lipinski definition) is 3. The number of urea groups is 1. The number of nitrogens with zero attached hydrogens (tertiary/aromatic N) is 1. The molecule has 0 spiro atoms. The van der Waals surface area contributed by atoms with Crippen LogP contribution in [-0.4, -0.2) is 41.6 Å². The van der Waals surface area contributed by atoms with E-state index in [2.05, 4.69) is 5.32 Å². The summed E-state index contributed by atoms with van der Waals surface area (Å²) in [6.07, 6.45) is 1.41. The number of thiophene rings is 1. The highest BCUT2D eigenvalue weighted by Gasteiger charge is 2.15. The van der Waals surface area contributed by atoms with E-state index >= 15 is 0 Å². The Hall–Kier alpha value is -1.27. The third-order valence-electron chi connectivity index (χ3n) is 2.38. The highest BCUT2D eigenvalue weighted by Crippen LogP contribution is 2.21. The quantitative estimate of drug-likeness (QED) is 0.813. The van der Waals surface area contributed by atoms with Gasteiger partial charge in [-0.2, -0.15) is 0 Å². The van der Waals surface area contributed by atoms with Gasteiger partial charge in [0.15, 0.2) is 0 Å². The van der Waals surface area contributed by atoms with E-state index in [4.69, 9.17) is 16.7 Å². The molecular formula is C12H17ClN2O3S. The van der Waals surface area contributed by atoms with E-state index in [0.29, 0.717) is 19.5 Å². The van der Waals surface area contributed by atoms with Gasteiger partial charge in [0.1, 0.15) is 6.54 Å². The van der Waals surface area contributed by atoms with Crippen molar-refractivity contribution in [3.8, 4) is 0 Å². The van der Waals surface area contributed by atoms with Gasteiger partial charge in [0.25, 0.3) is 0 Å². The number of halogens is 1. The minimum atomic E-state index is -1.01. The Morgan fingerprint density at radius 1 is 1.47 bits per heavy atom. The minimum Gasteiger partial charge on any atom is -0.480 e. The van der Waals surface area contributed by atoms with Crippen LogP contribution in [-0.2, 0) is 11.2 Å². The SMILES string of the molecule is CCCN(CC(=O)O)C(=O)NCCc1ccc(Cl)s1. The number of nitrogens with one attached hydrogen (secondary N) is 1. The fraction of sp³-hybridized carbons (Fsp3) is 0.500. The molecule has 0 fully saturated rings. The lowest BCUT2D eigenvalue weighted by molar-refractivity contribution is -0.137. The molecule has 0 bridgehead atoms. The zero-order valence-electron chi connectivity index (χ0n) is 10.7. The minimum absolute atomic E-state index is 0.273. The van der Waals surface area contributed by atoms with Crippen LogP contribution in [0.3, 0.4) is 0 Å². The number of carboxylic acid groups (broad SMARTS) is 1. The van der Waals surface area contributed by atoms with Crippen molar-refractivity contribution in [2.75, 3.05) is 19.6 Å². The first-order valence-corrected chi connectivity index (χ1v) is 7.21. The number of hydrogen-bond donors (Lipinski definition) is 2. The number of aliphatic carboxylic acids is 1. The smallest absolute Gasteiger partial charge is 0.323 e. The number of rotatable bonds is 7. The van der Waals surface area contributed by atoms with Crippen LogP contribution in [0, 0.1) is 0 Å². The van der Waals surface area contributed by atoms with Crippen LogP contribution in [0.5, 0.6) is 0 Å². The molecule has 2 N–H and O–H groups in total. The molecule has 0 saturated heterocycles. The molecule has 7 heteroatoms. The Bertz CT molecular complexity index is 436. The maximum atomic E-state index is 11.8. The maximum absolute atomic E-state index is 11.8. The monoisotopic (exact) mass is 304 g/mol. The maximum Gasteiger partial charge on any atom is 0.323 e. The number of carbonyl (C=O) groups is 2. The van der Waals surface area contributed by atoms with E-state index in [9.17, 15) is 9.59 Å². The second-order valence-corrected chi connectivity index (χ2v) is 5.80. The fourth-order valence-corrected chi connectivity index (χ4v) is 2.66. The van der Waals surface area contributed by atoms with Crippen molar-refractivity contribution in [3.05, 3.63) is 21.3 Å². The van der Waals surface area contributed by atoms with Gasteiger partial charge in [-0.15, -0.1) is 11.3 Å². The molecule has 0 unspecified atom stereocenters. The zero-order valence-corrected chi connectivity index (χ0v) is 12.3. The molecule has 5 nitrogen and oxygen atoms in total. The van der Waals surface area contributed by atoms with Crippen LogP contribution < -0.4 is 5.32 Å². The summed E-state index contributed by atoms with van der Waals surface area (Å²) in [4.78, 5) is 24.8. The Balaban J connectivity index is 2.37. The van der Waals surface area contributed by atoms with Crippen LogP contribution in [0.15, 0.2) is 12.1 Å². The molecule has 0 atom stereocenters. The third-order valence-corrected chi connectivity index (χ3v) is 3.67. The Labute approximate surface area is 121 Å². The standard InChI is InChI=1S/C12H17ClN2O3S/c1-2-7-15(8-11(16)17)12(18)14-6-5-9-3-4-10(13)19-9/h3-4H,2,5-8H2,1H3,(H,14,18)(H,16,17). The fourth-order valence-electron chi connectivity index (χ4n) is 1.58. The Kier molecular flexibility index (Phi) is 6.66. The summed E-state index contributed by atoms with van der Waals surface area (Å²) in [5, 5.41) is 11.4. The van der Waals surface area contributed by atoms with E-state index in [1.807, 2.05) is 19.1 Å². The first-order chi connectivity index (χ1) is 9.02. The van der Waals surface area contributed by atoms with E-state index < -0.39 is 5.97 Å². The molecule has 1 aromatic rings. The molecule has 19 heavy (non-hydrogen) atoms. The number of carbonyl (C=O) groups excluding carboxylic acids is 1. The zero-order chi connectivity index (χ0) is 14.3. The largest absolute Gasteiger partial charge is 0.480 e. The van der Waals surface area contributed by atoms with Gasteiger partial charge in [0, 0.05) is 18.0 Å². The van der Waals surface area contributed by atoms with Gasteiger partial charge in [0.05, 0.1) is 4.34 Å². The molecule has 1 aromatic heterocycles. The lowest BCUT2D eigenvalue weighted by atomic mass is 10.3. The predicted octanol–water partition coefficient (Wildman–Crippen LogP) is 2.45. The highest BCUT2D eigenvalue weighted by atomic mass is 35.5. The summed E-state index contributed by atoms with van der Waals surface area (Å²) >= 11 is 7.28. The molecule has 0 radical (unpaired) electrons. The summed E-state index contributed by atoms with van der Waals surface area (Å²) in [5.41, 5.74) is 0. The first-order valence-electron chi connectivity index (χ1n) is 6.01. The molecule has 0 aromatic carbocycles. The van der Waals surface area contributed by atoms with Gasteiger partial charge in [-0.3, -0.25) is 4.79 Å². The number of carboxylic acids is 1. The molecule has 0 saturated carbocycles. The van der Waals surface area contributed by atoms with Gasteiger partial charge >= 0.3 is 12.0 Å². The van der Waals surface area contributed by atoms with E-state index in [0.717, 1.165) is 15.6 Å². The first kappa shape index (κ1) is 15.8. The molecule has 106 valence electrons. The van der Waals surface area contributed by atoms with Crippen molar-refractivity contribution < 1.29 is 14.7 Å². The summed E-state index contributed by atoms with van der Waals surface area (Å²) in [6, 6.07) is 3.39. The highest BCUT2D eigenvalue weighted by molar-refractivity contribution is 7.16. The average Bonchev–Trinajstić information content (AvgIpc) is 2.74. The predicted molar refractivity (Wildman–Crippen MR) is 75.9 cm³/mol. The summed E-state index contributed by atoms with van der Waals surface area (Å²) in [5.74, 6) is -1.01. The topological polar surface area (TPSA) is 69.6 Å². The lowest BCUT2D eigenvalue weighted by Crippen LogP contribution is -2.43. The molecule has 0 aliphatic rings. The van der Waals surface area contributed by atoms with E-state index in [-0.39, 0.29) is 12.6 Å². The normalized spacial score (nSPS) is 10.2. The van der Waals surface area contributed by atoms with Gasteiger partial charge in [-0.05, 0) is 25.0 Å². The lowest BCUT2D eigenvalue weighted by Gasteiger charge is -2.20. The van der Waals surface area contributed by atoms with Crippen LogP contribution in [0.25, 0.3) is 0 Å². The van der Waals surface area contributed by atoms with Gasteiger partial charge < -0.3 is 15.3 Å². The van der Waals surface area contributed by atoms with Crippen molar-refractivity contribution in [1.29, 1.82) is 0 Å². The molecule has 1 rings (SSSR count). The molecule has 0 aliphatic carbocycles.